The lowest BCUT2D eigenvalue weighted by Crippen LogP contribution is -2.41. The molecule has 0 saturated heterocycles. The summed E-state index contributed by atoms with van der Waals surface area (Å²) in [6.07, 6.45) is 0. The van der Waals surface area contributed by atoms with Crippen LogP contribution < -0.4 is 10.1 Å². The van der Waals surface area contributed by atoms with Crippen molar-refractivity contribution in [3.8, 4) is 5.75 Å². The zero-order valence-electron chi connectivity index (χ0n) is 17.6. The number of benzene rings is 1. The summed E-state index contributed by atoms with van der Waals surface area (Å²) in [6, 6.07) is 6.46. The van der Waals surface area contributed by atoms with Gasteiger partial charge in [0.2, 0.25) is 5.91 Å². The number of carbonyl (C=O) groups is 3. The maximum absolute atomic E-state index is 12.9. The topological polar surface area (TPSA) is 101 Å². The van der Waals surface area contributed by atoms with Gasteiger partial charge in [0.05, 0.1) is 38.1 Å². The highest BCUT2D eigenvalue weighted by Crippen LogP contribution is 2.21. The van der Waals surface area contributed by atoms with Crippen LogP contribution in [0.15, 0.2) is 24.3 Å². The Balaban J connectivity index is 2.07. The molecule has 0 aliphatic heterocycles. The van der Waals surface area contributed by atoms with Gasteiger partial charge in [0.15, 0.2) is 5.78 Å². The van der Waals surface area contributed by atoms with Gasteiger partial charge in [0.1, 0.15) is 5.75 Å². The molecule has 0 radical (unpaired) electrons. The Morgan fingerprint density at radius 3 is 2.52 bits per heavy atom. The molecule has 0 aliphatic rings. The number of rotatable bonds is 8. The van der Waals surface area contributed by atoms with Gasteiger partial charge in [-0.25, -0.2) is 4.79 Å². The van der Waals surface area contributed by atoms with Crippen molar-refractivity contribution in [1.29, 1.82) is 0 Å². The number of aromatic amines is 1. The van der Waals surface area contributed by atoms with E-state index in [2.05, 4.69) is 10.3 Å². The summed E-state index contributed by atoms with van der Waals surface area (Å²) in [4.78, 5) is 41.9. The van der Waals surface area contributed by atoms with E-state index in [4.69, 9.17) is 9.47 Å². The first-order chi connectivity index (χ1) is 13.7. The van der Waals surface area contributed by atoms with Crippen LogP contribution in [0.1, 0.15) is 39.0 Å². The average Bonchev–Trinajstić information content (AvgIpc) is 3.00. The number of methoxy groups -OCH3 is 2. The summed E-state index contributed by atoms with van der Waals surface area (Å²) in [5.74, 6) is -0.319. The van der Waals surface area contributed by atoms with Crippen molar-refractivity contribution in [3.63, 3.8) is 0 Å². The predicted molar refractivity (Wildman–Crippen MR) is 110 cm³/mol. The minimum absolute atomic E-state index is 0.0205. The van der Waals surface area contributed by atoms with Crippen LogP contribution in [0.3, 0.4) is 0 Å². The third kappa shape index (κ3) is 5.03. The van der Waals surface area contributed by atoms with Gasteiger partial charge < -0.3 is 19.8 Å². The Morgan fingerprint density at radius 1 is 1.21 bits per heavy atom. The van der Waals surface area contributed by atoms with Crippen LogP contribution >= 0.6 is 0 Å². The van der Waals surface area contributed by atoms with Gasteiger partial charge in [-0.1, -0.05) is 6.07 Å². The molecule has 1 amide bonds. The maximum Gasteiger partial charge on any atom is 0.339 e. The van der Waals surface area contributed by atoms with Gasteiger partial charge in [-0.15, -0.1) is 0 Å². The van der Waals surface area contributed by atoms with Crippen LogP contribution in [0, 0.1) is 13.8 Å². The van der Waals surface area contributed by atoms with Crippen LogP contribution in [0.25, 0.3) is 0 Å². The lowest BCUT2D eigenvalue weighted by molar-refractivity contribution is -0.117. The van der Waals surface area contributed by atoms with Crippen molar-refractivity contribution in [2.75, 3.05) is 33.1 Å². The second kappa shape index (κ2) is 9.38. The first kappa shape index (κ1) is 22.2. The maximum atomic E-state index is 12.9. The van der Waals surface area contributed by atoms with Gasteiger partial charge in [0, 0.05) is 17.4 Å². The van der Waals surface area contributed by atoms with Gasteiger partial charge in [-0.2, -0.15) is 0 Å². The van der Waals surface area contributed by atoms with E-state index in [9.17, 15) is 14.4 Å². The van der Waals surface area contributed by atoms with Crippen molar-refractivity contribution in [2.45, 2.75) is 26.8 Å². The highest BCUT2D eigenvalue weighted by Gasteiger charge is 2.28. The van der Waals surface area contributed by atoms with E-state index in [-0.39, 0.29) is 18.2 Å². The number of H-pyrrole nitrogens is 1. The Hall–Kier alpha value is -3.13. The Kier molecular flexibility index (Phi) is 7.17. The van der Waals surface area contributed by atoms with E-state index >= 15 is 0 Å². The molecule has 1 atom stereocenters. The third-order valence-corrected chi connectivity index (χ3v) is 4.86. The molecule has 2 N–H and O–H groups in total. The Morgan fingerprint density at radius 2 is 1.90 bits per heavy atom. The summed E-state index contributed by atoms with van der Waals surface area (Å²) in [6.45, 7) is 5.15. The minimum atomic E-state index is -0.576. The Bertz CT molecular complexity index is 919. The minimum Gasteiger partial charge on any atom is -0.497 e. The average molecular weight is 401 g/mol. The number of anilines is 1. The normalized spacial score (nSPS) is 11.8. The second-order valence-corrected chi connectivity index (χ2v) is 6.85. The van der Waals surface area contributed by atoms with Crippen molar-refractivity contribution in [1.82, 2.24) is 9.88 Å². The number of nitrogens with one attached hydrogen (secondary N) is 2. The van der Waals surface area contributed by atoms with E-state index in [0.717, 1.165) is 0 Å². The van der Waals surface area contributed by atoms with E-state index in [0.29, 0.717) is 34.0 Å². The Labute approximate surface area is 170 Å². The molecular formula is C21H27N3O5. The molecule has 1 aromatic heterocycles. The first-order valence-electron chi connectivity index (χ1n) is 9.15. The number of nitrogens with zero attached hydrogens (tertiary/aromatic N) is 1. The van der Waals surface area contributed by atoms with E-state index < -0.39 is 12.0 Å². The standard InChI is InChI=1S/C21H27N3O5/c1-12-18(21(27)29-6)13(2)22-19(12)20(26)14(3)24(4)11-17(25)23-15-8-7-9-16(10-15)28-5/h7-10,14,22H,11H2,1-6H3,(H,23,25)/t14-/m1/s1. The molecule has 0 saturated carbocycles. The number of hydrogen-bond acceptors (Lipinski definition) is 6. The van der Waals surface area contributed by atoms with Gasteiger partial charge >= 0.3 is 5.97 Å². The largest absolute Gasteiger partial charge is 0.497 e. The number of hydrogen-bond donors (Lipinski definition) is 2. The fourth-order valence-corrected chi connectivity index (χ4v) is 3.08. The summed E-state index contributed by atoms with van der Waals surface area (Å²) >= 11 is 0. The van der Waals surface area contributed by atoms with Crippen LogP contribution in [0.2, 0.25) is 0 Å². The lowest BCUT2D eigenvalue weighted by Gasteiger charge is -2.23. The molecule has 8 heteroatoms. The molecule has 0 spiro atoms. The third-order valence-electron chi connectivity index (χ3n) is 4.86. The van der Waals surface area contributed by atoms with Gasteiger partial charge in [-0.05, 0) is 45.5 Å². The molecular weight excluding hydrogens is 374 g/mol. The van der Waals surface area contributed by atoms with Crippen LogP contribution in [0.4, 0.5) is 5.69 Å². The van der Waals surface area contributed by atoms with E-state index in [1.165, 1.54) is 7.11 Å². The van der Waals surface area contributed by atoms with Crippen molar-refractivity contribution in [3.05, 3.63) is 46.8 Å². The fraction of sp³-hybridized carbons (Fsp3) is 0.381. The molecule has 2 aromatic rings. The smallest absolute Gasteiger partial charge is 0.339 e. The van der Waals surface area contributed by atoms with Crippen LogP contribution in [-0.4, -0.2) is 61.4 Å². The number of likely N-dealkylation sites (N-methyl/N-ethyl adjacent to an activating group) is 1. The summed E-state index contributed by atoms with van der Waals surface area (Å²) < 4.78 is 9.92. The number of aromatic nitrogens is 1. The molecule has 2 rings (SSSR count). The molecule has 156 valence electrons. The molecule has 29 heavy (non-hydrogen) atoms. The van der Waals surface area contributed by atoms with Crippen molar-refractivity contribution in [2.24, 2.45) is 0 Å². The molecule has 8 nitrogen and oxygen atoms in total. The molecule has 0 aliphatic carbocycles. The monoisotopic (exact) mass is 401 g/mol. The predicted octanol–water partition coefficient (Wildman–Crippen LogP) is 2.57. The highest BCUT2D eigenvalue weighted by molar-refractivity contribution is 6.04. The number of esters is 1. The number of carbonyl (C=O) groups excluding carboxylic acids is 3. The van der Waals surface area contributed by atoms with Crippen LogP contribution in [0.5, 0.6) is 5.75 Å². The van der Waals surface area contributed by atoms with Crippen molar-refractivity contribution < 1.29 is 23.9 Å². The number of ether oxygens (including phenoxy) is 2. The number of amides is 1. The number of aryl methyl sites for hydroxylation is 1. The zero-order valence-corrected chi connectivity index (χ0v) is 17.6. The zero-order chi connectivity index (χ0) is 21.7. The molecule has 0 bridgehead atoms. The molecule has 0 unspecified atom stereocenters. The fourth-order valence-electron chi connectivity index (χ4n) is 3.08. The molecule has 1 aromatic carbocycles. The number of Topliss-reactive ketones (excluding diaryl/α,β-unsaturated/α-hetero) is 1. The summed E-state index contributed by atoms with van der Waals surface area (Å²) in [7, 11) is 4.55. The number of ketones is 1. The summed E-state index contributed by atoms with van der Waals surface area (Å²) in [5, 5.41) is 2.79. The first-order valence-corrected chi connectivity index (χ1v) is 9.15. The van der Waals surface area contributed by atoms with E-state index in [1.54, 1.807) is 64.1 Å². The molecule has 1 heterocycles. The quantitative estimate of drug-likeness (QED) is 0.521. The summed E-state index contributed by atoms with van der Waals surface area (Å²) in [5.41, 5.74) is 2.43. The van der Waals surface area contributed by atoms with E-state index in [1.807, 2.05) is 0 Å². The molecule has 0 fully saturated rings. The van der Waals surface area contributed by atoms with Gasteiger partial charge in [-0.3, -0.25) is 14.5 Å². The van der Waals surface area contributed by atoms with Crippen molar-refractivity contribution >= 4 is 23.3 Å². The SMILES string of the molecule is COC(=O)c1c(C)[nH]c(C(=O)[C@@H](C)N(C)CC(=O)Nc2cccc(OC)c2)c1C. The highest BCUT2D eigenvalue weighted by atomic mass is 16.5. The lowest BCUT2D eigenvalue weighted by atomic mass is 10.0. The van der Waals surface area contributed by atoms with Crippen LogP contribution in [-0.2, 0) is 9.53 Å². The van der Waals surface area contributed by atoms with Gasteiger partial charge in [0.25, 0.3) is 0 Å². The second-order valence-electron chi connectivity index (χ2n) is 6.85.